The lowest BCUT2D eigenvalue weighted by atomic mass is 10.3. The minimum atomic E-state index is -0.0707. The van der Waals surface area contributed by atoms with Crippen LogP contribution in [0.15, 0.2) is 17.2 Å². The number of rotatable bonds is 2. The summed E-state index contributed by atoms with van der Waals surface area (Å²) < 4.78 is 3.17. The summed E-state index contributed by atoms with van der Waals surface area (Å²) in [5.74, 6) is 6.07. The topological polar surface area (TPSA) is 30.2 Å². The summed E-state index contributed by atoms with van der Waals surface area (Å²) in [6, 6.07) is -0.0707. The molecule has 1 aromatic heterocycles. The highest BCUT2D eigenvalue weighted by Crippen LogP contribution is 1.98. The lowest BCUT2D eigenvalue weighted by molar-refractivity contribution is 0.463. The van der Waals surface area contributed by atoms with Crippen LogP contribution in [0.25, 0.3) is 0 Å². The molecule has 0 fully saturated rings. The van der Waals surface area contributed by atoms with Gasteiger partial charge in [-0.3, -0.25) is 9.47 Å². The average Bonchev–Trinajstić information content (AvgIpc) is 2.47. The zero-order valence-electron chi connectivity index (χ0n) is 9.69. The minimum absolute atomic E-state index is 0.0262. The first kappa shape index (κ1) is 11.6. The second-order valence-electron chi connectivity index (χ2n) is 3.83. The Balaban J connectivity index is 2.76. The van der Waals surface area contributed by atoms with Gasteiger partial charge in [0.1, 0.15) is 0 Å². The molecule has 82 valence electrons. The van der Waals surface area contributed by atoms with Crippen molar-refractivity contribution in [3.63, 3.8) is 0 Å². The van der Waals surface area contributed by atoms with Gasteiger partial charge in [0.15, 0.2) is 0 Å². The third-order valence-corrected chi connectivity index (χ3v) is 2.10. The lowest BCUT2D eigenvalue weighted by Gasteiger charge is -2.05. The maximum absolute atomic E-state index is 11.6. The van der Waals surface area contributed by atoms with Gasteiger partial charge in [0, 0.05) is 19.4 Å². The summed E-state index contributed by atoms with van der Waals surface area (Å²) in [6.07, 6.45) is 3.50. The summed E-state index contributed by atoms with van der Waals surface area (Å²) in [5, 5.41) is 0. The van der Waals surface area contributed by atoms with Gasteiger partial charge in [-0.05, 0) is 21.0 Å². The van der Waals surface area contributed by atoms with Crippen LogP contribution < -0.4 is 5.69 Å². The highest BCUT2D eigenvalue weighted by atomic mass is 16.1. The Morgan fingerprint density at radius 3 is 2.60 bits per heavy atom. The van der Waals surface area contributed by atoms with Crippen LogP contribution in [0.3, 0.4) is 0 Å². The highest BCUT2D eigenvalue weighted by molar-refractivity contribution is 5.07. The summed E-state index contributed by atoms with van der Waals surface area (Å²) in [4.78, 5) is 13.5. The van der Waals surface area contributed by atoms with E-state index >= 15 is 0 Å². The summed E-state index contributed by atoms with van der Waals surface area (Å²) in [5.41, 5.74) is -0.0262. The average molecular weight is 207 g/mol. The van der Waals surface area contributed by atoms with E-state index in [2.05, 4.69) is 11.8 Å². The van der Waals surface area contributed by atoms with Crippen molar-refractivity contribution in [1.29, 1.82) is 0 Å². The molecule has 0 saturated carbocycles. The predicted molar refractivity (Wildman–Crippen MR) is 60.7 cm³/mol. The molecule has 4 nitrogen and oxygen atoms in total. The second-order valence-corrected chi connectivity index (χ2v) is 3.83. The summed E-state index contributed by atoms with van der Waals surface area (Å²) in [6.45, 7) is 2.63. The SMILES string of the molecule is CC(C#CCN(C)C)n1ccn(C)c1=O. The van der Waals surface area contributed by atoms with Crippen molar-refractivity contribution in [2.75, 3.05) is 20.6 Å². The van der Waals surface area contributed by atoms with Gasteiger partial charge in [-0.1, -0.05) is 11.8 Å². The zero-order valence-corrected chi connectivity index (χ0v) is 9.69. The Labute approximate surface area is 90.1 Å². The standard InChI is InChI=1S/C11H17N3O/c1-10(6-5-7-12(2)3)14-9-8-13(4)11(14)15/h8-10H,7H2,1-4H3. The molecular weight excluding hydrogens is 190 g/mol. The van der Waals surface area contributed by atoms with Gasteiger partial charge in [-0.15, -0.1) is 0 Å². The van der Waals surface area contributed by atoms with Crippen LogP contribution >= 0.6 is 0 Å². The largest absolute Gasteiger partial charge is 0.328 e. The fourth-order valence-corrected chi connectivity index (χ4v) is 1.20. The Morgan fingerprint density at radius 2 is 2.13 bits per heavy atom. The minimum Gasteiger partial charge on any atom is -0.302 e. The van der Waals surface area contributed by atoms with E-state index < -0.39 is 0 Å². The van der Waals surface area contributed by atoms with E-state index in [1.54, 1.807) is 28.6 Å². The van der Waals surface area contributed by atoms with Crippen molar-refractivity contribution in [2.45, 2.75) is 13.0 Å². The van der Waals surface area contributed by atoms with E-state index in [1.807, 2.05) is 25.9 Å². The third-order valence-electron chi connectivity index (χ3n) is 2.10. The van der Waals surface area contributed by atoms with E-state index in [9.17, 15) is 4.79 Å². The quantitative estimate of drug-likeness (QED) is 0.653. The molecule has 0 N–H and O–H groups in total. The summed E-state index contributed by atoms with van der Waals surface area (Å²) in [7, 11) is 5.67. The molecule has 0 spiro atoms. The second kappa shape index (κ2) is 4.85. The number of aryl methyl sites for hydroxylation is 1. The fourth-order valence-electron chi connectivity index (χ4n) is 1.20. The van der Waals surface area contributed by atoms with Crippen molar-refractivity contribution >= 4 is 0 Å². The maximum atomic E-state index is 11.6. The molecule has 0 aliphatic heterocycles. The van der Waals surface area contributed by atoms with Gasteiger partial charge < -0.3 is 4.57 Å². The van der Waals surface area contributed by atoms with Crippen LogP contribution in [0.1, 0.15) is 13.0 Å². The van der Waals surface area contributed by atoms with E-state index in [0.29, 0.717) is 6.54 Å². The van der Waals surface area contributed by atoms with Crippen LogP contribution in [0.5, 0.6) is 0 Å². The van der Waals surface area contributed by atoms with Crippen LogP contribution in [0, 0.1) is 11.8 Å². The molecule has 1 aromatic rings. The molecule has 1 rings (SSSR count). The Bertz CT molecular complexity index is 431. The predicted octanol–water partition coefficient (Wildman–Crippen LogP) is 0.313. The molecule has 15 heavy (non-hydrogen) atoms. The zero-order chi connectivity index (χ0) is 11.4. The van der Waals surface area contributed by atoms with Crippen LogP contribution in [0.4, 0.5) is 0 Å². The van der Waals surface area contributed by atoms with Crippen molar-refractivity contribution in [3.05, 3.63) is 22.9 Å². The van der Waals surface area contributed by atoms with E-state index in [1.165, 1.54) is 0 Å². The molecule has 1 atom stereocenters. The molecule has 0 radical (unpaired) electrons. The first-order valence-electron chi connectivity index (χ1n) is 4.89. The van der Waals surface area contributed by atoms with Gasteiger partial charge >= 0.3 is 5.69 Å². The lowest BCUT2D eigenvalue weighted by Crippen LogP contribution is -2.24. The number of nitrogens with zero attached hydrogens (tertiary/aromatic N) is 3. The van der Waals surface area contributed by atoms with Crippen molar-refractivity contribution in [3.8, 4) is 11.8 Å². The van der Waals surface area contributed by atoms with Gasteiger partial charge in [0.2, 0.25) is 0 Å². The first-order valence-corrected chi connectivity index (χ1v) is 4.89. The molecule has 0 amide bonds. The summed E-state index contributed by atoms with van der Waals surface area (Å²) >= 11 is 0. The normalized spacial score (nSPS) is 12.3. The van der Waals surface area contributed by atoms with E-state index in [0.717, 1.165) is 0 Å². The van der Waals surface area contributed by atoms with Crippen LogP contribution in [0.2, 0.25) is 0 Å². The first-order chi connectivity index (χ1) is 7.02. The molecule has 0 saturated heterocycles. The molecule has 0 aliphatic rings. The number of hydrogen-bond donors (Lipinski definition) is 0. The molecule has 4 heteroatoms. The highest BCUT2D eigenvalue weighted by Gasteiger charge is 2.04. The Hall–Kier alpha value is -1.47. The number of imidazole rings is 1. The third kappa shape index (κ3) is 3.00. The Morgan fingerprint density at radius 1 is 1.47 bits per heavy atom. The molecular formula is C11H17N3O. The van der Waals surface area contributed by atoms with Gasteiger partial charge in [0.05, 0.1) is 12.6 Å². The smallest absolute Gasteiger partial charge is 0.302 e. The molecule has 0 aromatic carbocycles. The van der Waals surface area contributed by atoms with Crippen LogP contribution in [-0.2, 0) is 7.05 Å². The number of aromatic nitrogens is 2. The van der Waals surface area contributed by atoms with Crippen molar-refractivity contribution < 1.29 is 0 Å². The van der Waals surface area contributed by atoms with Gasteiger partial charge in [0.25, 0.3) is 0 Å². The number of hydrogen-bond acceptors (Lipinski definition) is 2. The van der Waals surface area contributed by atoms with Crippen molar-refractivity contribution in [1.82, 2.24) is 14.0 Å². The fraction of sp³-hybridized carbons (Fsp3) is 0.545. The van der Waals surface area contributed by atoms with Crippen LogP contribution in [-0.4, -0.2) is 34.7 Å². The molecule has 1 unspecified atom stereocenters. The molecule has 0 bridgehead atoms. The van der Waals surface area contributed by atoms with Gasteiger partial charge in [-0.25, -0.2) is 4.79 Å². The van der Waals surface area contributed by atoms with E-state index in [4.69, 9.17) is 0 Å². The van der Waals surface area contributed by atoms with Gasteiger partial charge in [-0.2, -0.15) is 0 Å². The monoisotopic (exact) mass is 207 g/mol. The Kier molecular flexibility index (Phi) is 3.75. The maximum Gasteiger partial charge on any atom is 0.328 e. The molecule has 0 aliphatic carbocycles. The van der Waals surface area contributed by atoms with E-state index in [-0.39, 0.29) is 11.7 Å². The van der Waals surface area contributed by atoms with Crippen molar-refractivity contribution in [2.24, 2.45) is 7.05 Å². The molecule has 1 heterocycles.